The number of nitrogens with one attached hydrogen (secondary N) is 1. The van der Waals surface area contributed by atoms with E-state index >= 15 is 0 Å². The molecule has 1 saturated carbocycles. The van der Waals surface area contributed by atoms with Gasteiger partial charge in [-0.1, -0.05) is 18.2 Å². The lowest BCUT2D eigenvalue weighted by Crippen LogP contribution is -2.41. The van der Waals surface area contributed by atoms with Crippen LogP contribution in [0.1, 0.15) is 34.8 Å². The molecule has 2 heterocycles. The highest BCUT2D eigenvalue weighted by atomic mass is 16.5. The lowest BCUT2D eigenvalue weighted by Gasteiger charge is -2.38. The number of nitrogens with zero attached hydrogens (tertiary/aromatic N) is 3. The molecule has 2 aromatic heterocycles. The second-order valence-corrected chi connectivity index (χ2v) is 6.94. The van der Waals surface area contributed by atoms with Gasteiger partial charge in [0.25, 0.3) is 5.91 Å². The Balaban J connectivity index is 1.61. The zero-order valence-corrected chi connectivity index (χ0v) is 15.5. The number of aliphatic hydroxyl groups excluding tert-OH is 1. The average molecular weight is 378 g/mol. The Kier molecular flexibility index (Phi) is 5.08. The number of pyridine rings is 1. The first-order valence-electron chi connectivity index (χ1n) is 9.23. The first kappa shape index (κ1) is 18.2. The van der Waals surface area contributed by atoms with E-state index < -0.39 is 0 Å². The number of rotatable bonds is 6. The Hall–Kier alpha value is -3.19. The lowest BCUT2D eigenvalue weighted by molar-refractivity contribution is 0.0234. The highest BCUT2D eigenvalue weighted by molar-refractivity contribution is 5.98. The standard InChI is InChI=1S/C21H22N4O3/c1-28-19-8-7-14(13-22-19)20(15-11-16(26)12-15)24-21(27)17-5-2-3-6-18(17)25-10-4-9-23-25/h2-10,13,15-16,20,26H,11-12H2,1H3,(H,24,27). The minimum absolute atomic E-state index is 0.158. The summed E-state index contributed by atoms with van der Waals surface area (Å²) in [5.74, 6) is 0.491. The maximum absolute atomic E-state index is 13.1. The molecular weight excluding hydrogens is 356 g/mol. The molecule has 3 aromatic rings. The molecule has 1 fully saturated rings. The van der Waals surface area contributed by atoms with Gasteiger partial charge in [0.2, 0.25) is 5.88 Å². The Morgan fingerprint density at radius 3 is 2.71 bits per heavy atom. The highest BCUT2D eigenvalue weighted by Crippen LogP contribution is 2.38. The van der Waals surface area contributed by atoms with Crippen molar-refractivity contribution < 1.29 is 14.6 Å². The van der Waals surface area contributed by atoms with Crippen molar-refractivity contribution in [2.24, 2.45) is 5.92 Å². The third-order valence-electron chi connectivity index (χ3n) is 5.14. The van der Waals surface area contributed by atoms with Crippen molar-refractivity contribution in [2.45, 2.75) is 25.0 Å². The molecule has 144 valence electrons. The van der Waals surface area contributed by atoms with Gasteiger partial charge in [0.1, 0.15) is 0 Å². The van der Waals surface area contributed by atoms with Crippen molar-refractivity contribution in [3.05, 3.63) is 72.2 Å². The van der Waals surface area contributed by atoms with Crippen LogP contribution in [-0.2, 0) is 0 Å². The molecule has 0 bridgehead atoms. The van der Waals surface area contributed by atoms with Crippen molar-refractivity contribution in [1.82, 2.24) is 20.1 Å². The minimum atomic E-state index is -0.313. The minimum Gasteiger partial charge on any atom is -0.481 e. The van der Waals surface area contributed by atoms with Gasteiger partial charge in [-0.3, -0.25) is 4.79 Å². The fourth-order valence-corrected chi connectivity index (χ4v) is 3.57. The Labute approximate surface area is 163 Å². The summed E-state index contributed by atoms with van der Waals surface area (Å²) >= 11 is 0. The number of aliphatic hydroxyl groups is 1. The van der Waals surface area contributed by atoms with E-state index in [0.29, 0.717) is 30.0 Å². The number of carbonyl (C=O) groups excluding carboxylic acids is 1. The van der Waals surface area contributed by atoms with Crippen LogP contribution in [0.15, 0.2) is 61.1 Å². The molecule has 0 saturated heterocycles. The molecule has 1 aliphatic carbocycles. The van der Waals surface area contributed by atoms with Gasteiger partial charge in [-0.05, 0) is 42.5 Å². The molecule has 2 N–H and O–H groups in total. The first-order valence-corrected chi connectivity index (χ1v) is 9.23. The third-order valence-corrected chi connectivity index (χ3v) is 5.14. The largest absolute Gasteiger partial charge is 0.481 e. The molecule has 0 aliphatic heterocycles. The van der Waals surface area contributed by atoms with Crippen LogP contribution in [0.2, 0.25) is 0 Å². The summed E-state index contributed by atoms with van der Waals surface area (Å²) in [5.41, 5.74) is 2.14. The van der Waals surface area contributed by atoms with Crippen LogP contribution in [0.25, 0.3) is 5.69 Å². The summed E-state index contributed by atoms with van der Waals surface area (Å²) in [6, 6.07) is 12.6. The molecule has 0 spiro atoms. The van der Waals surface area contributed by atoms with E-state index in [1.54, 1.807) is 42.5 Å². The number of benzene rings is 1. The fraction of sp³-hybridized carbons (Fsp3) is 0.286. The van der Waals surface area contributed by atoms with Gasteiger partial charge in [0, 0.05) is 24.7 Å². The molecule has 1 aliphatic rings. The number of hydrogen-bond acceptors (Lipinski definition) is 5. The Morgan fingerprint density at radius 2 is 2.07 bits per heavy atom. The number of para-hydroxylation sites is 1. The molecule has 7 heteroatoms. The van der Waals surface area contributed by atoms with Crippen LogP contribution in [0.5, 0.6) is 5.88 Å². The summed E-state index contributed by atoms with van der Waals surface area (Å²) in [5, 5.41) is 17.1. The Bertz CT molecular complexity index is 935. The fourth-order valence-electron chi connectivity index (χ4n) is 3.57. The van der Waals surface area contributed by atoms with Gasteiger partial charge >= 0.3 is 0 Å². The second-order valence-electron chi connectivity index (χ2n) is 6.94. The second kappa shape index (κ2) is 7.82. The molecule has 0 radical (unpaired) electrons. The lowest BCUT2D eigenvalue weighted by atomic mass is 9.75. The van der Waals surface area contributed by atoms with Crippen LogP contribution in [0.3, 0.4) is 0 Å². The monoisotopic (exact) mass is 378 g/mol. The smallest absolute Gasteiger partial charge is 0.253 e. The predicted octanol–water partition coefficient (Wildman–Crippen LogP) is 2.52. The number of amides is 1. The van der Waals surface area contributed by atoms with Gasteiger partial charge in [0.15, 0.2) is 0 Å². The molecule has 1 unspecified atom stereocenters. The molecule has 1 aromatic carbocycles. The van der Waals surface area contributed by atoms with Crippen molar-refractivity contribution in [2.75, 3.05) is 7.11 Å². The topological polar surface area (TPSA) is 89.3 Å². The maximum Gasteiger partial charge on any atom is 0.253 e. The zero-order valence-electron chi connectivity index (χ0n) is 15.5. The number of methoxy groups -OCH3 is 1. The van der Waals surface area contributed by atoms with E-state index in [9.17, 15) is 9.90 Å². The quantitative estimate of drug-likeness (QED) is 0.688. The van der Waals surface area contributed by atoms with E-state index in [-0.39, 0.29) is 24.0 Å². The first-order chi connectivity index (χ1) is 13.7. The third kappa shape index (κ3) is 3.61. The number of aromatic nitrogens is 3. The van der Waals surface area contributed by atoms with Crippen LogP contribution in [0, 0.1) is 5.92 Å². The average Bonchev–Trinajstić information content (AvgIpc) is 3.25. The molecule has 1 atom stereocenters. The predicted molar refractivity (Wildman–Crippen MR) is 103 cm³/mol. The van der Waals surface area contributed by atoms with Gasteiger partial charge in [-0.15, -0.1) is 0 Å². The van der Waals surface area contributed by atoms with Crippen LogP contribution in [-0.4, -0.2) is 39.0 Å². The summed E-state index contributed by atoms with van der Waals surface area (Å²) in [7, 11) is 1.57. The van der Waals surface area contributed by atoms with Crippen molar-refractivity contribution in [3.8, 4) is 11.6 Å². The molecular formula is C21H22N4O3. The van der Waals surface area contributed by atoms with E-state index in [4.69, 9.17) is 4.74 Å². The molecule has 4 rings (SSSR count). The summed E-state index contributed by atoms with van der Waals surface area (Å²) in [4.78, 5) is 17.4. The van der Waals surface area contributed by atoms with Crippen LogP contribution in [0.4, 0.5) is 0 Å². The van der Waals surface area contributed by atoms with E-state index in [2.05, 4.69) is 15.4 Å². The number of hydrogen-bond donors (Lipinski definition) is 2. The molecule has 28 heavy (non-hydrogen) atoms. The molecule has 1 amide bonds. The normalized spacial score (nSPS) is 19.5. The summed E-state index contributed by atoms with van der Waals surface area (Å²) < 4.78 is 6.80. The van der Waals surface area contributed by atoms with Gasteiger partial charge in [-0.25, -0.2) is 9.67 Å². The van der Waals surface area contributed by atoms with E-state index in [1.165, 1.54) is 0 Å². The number of carbonyl (C=O) groups is 1. The van der Waals surface area contributed by atoms with Gasteiger partial charge < -0.3 is 15.2 Å². The van der Waals surface area contributed by atoms with Crippen molar-refractivity contribution in [1.29, 1.82) is 0 Å². The SMILES string of the molecule is COc1ccc(C(NC(=O)c2ccccc2-n2cccn2)C2CC(O)C2)cn1. The van der Waals surface area contributed by atoms with Crippen LogP contribution >= 0.6 is 0 Å². The molecule has 7 nitrogen and oxygen atoms in total. The van der Waals surface area contributed by atoms with Gasteiger partial charge in [-0.2, -0.15) is 5.10 Å². The van der Waals surface area contributed by atoms with E-state index in [1.807, 2.05) is 30.3 Å². The highest BCUT2D eigenvalue weighted by Gasteiger charge is 2.36. The number of ether oxygens (including phenoxy) is 1. The Morgan fingerprint density at radius 1 is 1.25 bits per heavy atom. The summed E-state index contributed by atoms with van der Waals surface area (Å²) in [6.45, 7) is 0. The van der Waals surface area contributed by atoms with Crippen LogP contribution < -0.4 is 10.1 Å². The summed E-state index contributed by atoms with van der Waals surface area (Å²) in [6.07, 6.45) is 6.19. The zero-order chi connectivity index (χ0) is 19.5. The van der Waals surface area contributed by atoms with Crippen molar-refractivity contribution >= 4 is 5.91 Å². The van der Waals surface area contributed by atoms with Crippen molar-refractivity contribution in [3.63, 3.8) is 0 Å². The van der Waals surface area contributed by atoms with Gasteiger partial charge in [0.05, 0.1) is 30.5 Å². The van der Waals surface area contributed by atoms with E-state index in [0.717, 1.165) is 5.56 Å². The maximum atomic E-state index is 13.1.